The maximum atomic E-state index is 13.7. The average molecular weight is 402 g/mol. The molecule has 0 spiro atoms. The highest BCUT2D eigenvalue weighted by Crippen LogP contribution is 2.47. The summed E-state index contributed by atoms with van der Waals surface area (Å²) < 4.78 is 14.4. The summed E-state index contributed by atoms with van der Waals surface area (Å²) >= 11 is 3.33. The molecule has 3 nitrogen and oxygen atoms in total. The fourth-order valence-corrected chi connectivity index (χ4v) is 3.38. The lowest BCUT2D eigenvalue weighted by Gasteiger charge is -2.35. The van der Waals surface area contributed by atoms with Crippen molar-refractivity contribution in [3.63, 3.8) is 0 Å². The second-order valence-corrected chi connectivity index (χ2v) is 6.31. The molecule has 1 aliphatic heterocycles. The SMILES string of the molecule is Cl.Cl.Oc1c(F)cc(Br)cc1[C@H](C1CC1)N1CCNCC1. The summed E-state index contributed by atoms with van der Waals surface area (Å²) in [5.41, 5.74) is 0.733. The van der Waals surface area contributed by atoms with Gasteiger partial charge >= 0.3 is 0 Å². The zero-order valence-electron chi connectivity index (χ0n) is 11.5. The first-order chi connectivity index (χ1) is 9.16. The summed E-state index contributed by atoms with van der Waals surface area (Å²) in [4.78, 5) is 2.37. The number of piperazine rings is 1. The van der Waals surface area contributed by atoms with Gasteiger partial charge in [0, 0.05) is 42.3 Å². The van der Waals surface area contributed by atoms with Crippen LogP contribution in [0.3, 0.4) is 0 Å². The van der Waals surface area contributed by atoms with Crippen LogP contribution in [0.25, 0.3) is 0 Å². The molecule has 1 saturated carbocycles. The minimum absolute atomic E-state index is 0. The molecule has 0 aromatic heterocycles. The van der Waals surface area contributed by atoms with E-state index in [4.69, 9.17) is 0 Å². The van der Waals surface area contributed by atoms with Crippen molar-refractivity contribution in [3.8, 4) is 5.75 Å². The lowest BCUT2D eigenvalue weighted by atomic mass is 9.98. The molecule has 0 amide bonds. The lowest BCUT2D eigenvalue weighted by molar-refractivity contribution is 0.153. The molecule has 0 unspecified atom stereocenters. The molecule has 7 heteroatoms. The summed E-state index contributed by atoms with van der Waals surface area (Å²) in [5.74, 6) is -0.165. The van der Waals surface area contributed by atoms with Gasteiger partial charge in [-0.1, -0.05) is 15.9 Å². The third-order valence-corrected chi connectivity index (χ3v) is 4.45. The number of hydrogen-bond donors (Lipinski definition) is 2. The predicted molar refractivity (Wildman–Crippen MR) is 90.2 cm³/mol. The van der Waals surface area contributed by atoms with E-state index < -0.39 is 5.82 Å². The first kappa shape index (κ1) is 19.0. The van der Waals surface area contributed by atoms with E-state index in [1.54, 1.807) is 0 Å². The molecular formula is C14H20BrCl2FN2O. The quantitative estimate of drug-likeness (QED) is 0.813. The van der Waals surface area contributed by atoms with Crippen LogP contribution in [-0.2, 0) is 0 Å². The molecular weight excluding hydrogens is 382 g/mol. The Morgan fingerprint density at radius 3 is 2.43 bits per heavy atom. The molecule has 1 saturated heterocycles. The van der Waals surface area contributed by atoms with Crippen molar-refractivity contribution in [1.82, 2.24) is 10.2 Å². The van der Waals surface area contributed by atoms with Gasteiger partial charge in [-0.2, -0.15) is 0 Å². The molecule has 21 heavy (non-hydrogen) atoms. The largest absolute Gasteiger partial charge is 0.505 e. The first-order valence-corrected chi connectivity index (χ1v) is 7.59. The van der Waals surface area contributed by atoms with Gasteiger partial charge < -0.3 is 10.4 Å². The third kappa shape index (κ3) is 4.23. The summed E-state index contributed by atoms with van der Waals surface area (Å²) in [7, 11) is 0. The molecule has 3 rings (SSSR count). The van der Waals surface area contributed by atoms with Crippen LogP contribution in [0.1, 0.15) is 24.4 Å². The summed E-state index contributed by atoms with van der Waals surface area (Å²) in [6.07, 6.45) is 2.34. The number of benzene rings is 1. The number of halogens is 4. The van der Waals surface area contributed by atoms with Gasteiger partial charge in [0.25, 0.3) is 0 Å². The van der Waals surface area contributed by atoms with Crippen LogP contribution < -0.4 is 5.32 Å². The van der Waals surface area contributed by atoms with Crippen molar-refractivity contribution in [2.24, 2.45) is 5.92 Å². The zero-order chi connectivity index (χ0) is 13.4. The number of hydrogen-bond acceptors (Lipinski definition) is 3. The van der Waals surface area contributed by atoms with Crippen LogP contribution in [0.2, 0.25) is 0 Å². The normalized spacial score (nSPS) is 20.3. The van der Waals surface area contributed by atoms with Crippen molar-refractivity contribution >= 4 is 40.7 Å². The van der Waals surface area contributed by atoms with Crippen molar-refractivity contribution < 1.29 is 9.50 Å². The second-order valence-electron chi connectivity index (χ2n) is 5.39. The molecule has 1 aromatic rings. The van der Waals surface area contributed by atoms with E-state index in [1.165, 1.54) is 18.9 Å². The number of aromatic hydroxyl groups is 1. The molecule has 1 aromatic carbocycles. The molecule has 120 valence electrons. The van der Waals surface area contributed by atoms with E-state index in [0.29, 0.717) is 10.4 Å². The fourth-order valence-electron chi connectivity index (χ4n) is 2.93. The van der Waals surface area contributed by atoms with Crippen LogP contribution in [-0.4, -0.2) is 36.2 Å². The Balaban J connectivity index is 0.00000110. The van der Waals surface area contributed by atoms with Gasteiger partial charge in [0.15, 0.2) is 11.6 Å². The van der Waals surface area contributed by atoms with Gasteiger partial charge in [0.05, 0.1) is 0 Å². The number of phenols is 1. The number of nitrogens with one attached hydrogen (secondary N) is 1. The summed E-state index contributed by atoms with van der Waals surface area (Å²) in [6, 6.07) is 3.33. The molecule has 1 heterocycles. The van der Waals surface area contributed by atoms with Crippen molar-refractivity contribution in [2.45, 2.75) is 18.9 Å². The second kappa shape index (κ2) is 7.97. The van der Waals surface area contributed by atoms with E-state index >= 15 is 0 Å². The van der Waals surface area contributed by atoms with Gasteiger partial charge in [-0.25, -0.2) is 4.39 Å². The van der Waals surface area contributed by atoms with Crippen molar-refractivity contribution in [2.75, 3.05) is 26.2 Å². The van der Waals surface area contributed by atoms with Gasteiger partial charge in [0.2, 0.25) is 0 Å². The molecule has 2 aliphatic rings. The van der Waals surface area contributed by atoms with Gasteiger partial charge in [-0.05, 0) is 30.9 Å². The van der Waals surface area contributed by atoms with E-state index in [9.17, 15) is 9.50 Å². The molecule has 0 radical (unpaired) electrons. The Hall–Kier alpha value is -0.0700. The fraction of sp³-hybridized carbons (Fsp3) is 0.571. The molecule has 2 fully saturated rings. The monoisotopic (exact) mass is 400 g/mol. The van der Waals surface area contributed by atoms with Gasteiger partial charge in [0.1, 0.15) is 0 Å². The zero-order valence-corrected chi connectivity index (χ0v) is 14.7. The molecule has 0 bridgehead atoms. The highest BCUT2D eigenvalue weighted by molar-refractivity contribution is 9.10. The van der Waals surface area contributed by atoms with Gasteiger partial charge in [-0.15, -0.1) is 24.8 Å². The standard InChI is InChI=1S/C14H18BrFN2O.2ClH/c15-10-7-11(14(19)12(16)8-10)13(9-1-2-9)18-5-3-17-4-6-18;;/h7-9,13,17,19H,1-6H2;2*1H/t13-;;/m0../s1. The van der Waals surface area contributed by atoms with Crippen LogP contribution in [0.4, 0.5) is 4.39 Å². The van der Waals surface area contributed by atoms with Gasteiger partial charge in [-0.3, -0.25) is 4.90 Å². The Morgan fingerprint density at radius 2 is 1.86 bits per heavy atom. The Morgan fingerprint density at radius 1 is 1.24 bits per heavy atom. The topological polar surface area (TPSA) is 35.5 Å². The number of phenolic OH excluding ortho intramolecular Hbond substituents is 1. The van der Waals surface area contributed by atoms with Crippen LogP contribution in [0.5, 0.6) is 5.75 Å². The predicted octanol–water partition coefficient (Wildman–Crippen LogP) is 3.49. The molecule has 2 N–H and O–H groups in total. The van der Waals surface area contributed by atoms with E-state index in [-0.39, 0.29) is 36.6 Å². The highest BCUT2D eigenvalue weighted by atomic mass is 79.9. The third-order valence-electron chi connectivity index (χ3n) is 3.99. The maximum absolute atomic E-state index is 13.7. The Labute approximate surface area is 145 Å². The van der Waals surface area contributed by atoms with Crippen LogP contribution in [0.15, 0.2) is 16.6 Å². The van der Waals surface area contributed by atoms with E-state index in [0.717, 1.165) is 31.7 Å². The first-order valence-electron chi connectivity index (χ1n) is 6.79. The van der Waals surface area contributed by atoms with Crippen LogP contribution >= 0.6 is 40.7 Å². The smallest absolute Gasteiger partial charge is 0.166 e. The Kier molecular flexibility index (Phi) is 7.20. The van der Waals surface area contributed by atoms with E-state index in [1.807, 2.05) is 6.07 Å². The lowest BCUT2D eigenvalue weighted by Crippen LogP contribution is -2.45. The summed E-state index contributed by atoms with van der Waals surface area (Å²) in [6.45, 7) is 3.82. The number of rotatable bonds is 3. The van der Waals surface area contributed by atoms with Crippen molar-refractivity contribution in [3.05, 3.63) is 28.0 Å². The van der Waals surface area contributed by atoms with E-state index in [2.05, 4.69) is 26.1 Å². The molecule has 1 aliphatic carbocycles. The maximum Gasteiger partial charge on any atom is 0.166 e. The number of nitrogens with zero attached hydrogens (tertiary/aromatic N) is 1. The Bertz CT molecular complexity index is 482. The highest BCUT2D eigenvalue weighted by Gasteiger charge is 2.38. The van der Waals surface area contributed by atoms with Crippen LogP contribution in [0, 0.1) is 11.7 Å². The average Bonchev–Trinajstić information content (AvgIpc) is 3.21. The molecule has 1 atom stereocenters. The summed E-state index contributed by atoms with van der Waals surface area (Å²) in [5, 5.41) is 13.4. The minimum Gasteiger partial charge on any atom is -0.505 e. The minimum atomic E-state index is -0.537. The van der Waals surface area contributed by atoms with Crippen molar-refractivity contribution in [1.29, 1.82) is 0 Å².